The molecule has 136 valence electrons. The lowest BCUT2D eigenvalue weighted by Gasteiger charge is -2.20. The van der Waals surface area contributed by atoms with E-state index in [0.717, 1.165) is 16.9 Å². The number of benzene rings is 1. The minimum absolute atomic E-state index is 0.0153. The number of sulfonamides is 1. The highest BCUT2D eigenvalue weighted by molar-refractivity contribution is 7.89. The van der Waals surface area contributed by atoms with Crippen molar-refractivity contribution >= 4 is 38.8 Å². The highest BCUT2D eigenvalue weighted by Crippen LogP contribution is 2.34. The minimum atomic E-state index is -4.03. The Morgan fingerprint density at radius 1 is 1.15 bits per heavy atom. The summed E-state index contributed by atoms with van der Waals surface area (Å²) in [6, 6.07) is 8.54. The van der Waals surface area contributed by atoms with Gasteiger partial charge in [0.15, 0.2) is 0 Å². The first-order valence-electron chi connectivity index (χ1n) is 7.64. The van der Waals surface area contributed by atoms with Gasteiger partial charge in [0.05, 0.1) is 11.4 Å². The SMILES string of the molecule is Cc1ccc(N(C(=O)c2sccc2S(N)(=O)=O)c2onc(C)c2C)cc1. The molecule has 3 aromatic rings. The molecule has 2 aromatic heterocycles. The molecule has 0 aliphatic heterocycles. The molecule has 2 N–H and O–H groups in total. The van der Waals surface area contributed by atoms with E-state index in [1.807, 2.05) is 19.1 Å². The van der Waals surface area contributed by atoms with Crippen LogP contribution in [-0.2, 0) is 10.0 Å². The van der Waals surface area contributed by atoms with Crippen LogP contribution in [0.15, 0.2) is 45.1 Å². The number of thiophene rings is 1. The van der Waals surface area contributed by atoms with Gasteiger partial charge in [-0.05, 0) is 44.4 Å². The molecule has 0 bridgehead atoms. The van der Waals surface area contributed by atoms with Crippen LogP contribution in [0.5, 0.6) is 0 Å². The van der Waals surface area contributed by atoms with Crippen molar-refractivity contribution in [2.24, 2.45) is 5.14 Å². The Labute approximate surface area is 155 Å². The van der Waals surface area contributed by atoms with Gasteiger partial charge in [0.2, 0.25) is 15.9 Å². The third-order valence-electron chi connectivity index (χ3n) is 3.96. The molecular weight excluding hydrogens is 374 g/mol. The number of anilines is 2. The normalized spacial score (nSPS) is 11.5. The molecule has 0 fully saturated rings. The molecular formula is C17H17N3O4S2. The molecule has 1 aromatic carbocycles. The quantitative estimate of drug-likeness (QED) is 0.734. The van der Waals surface area contributed by atoms with Crippen molar-refractivity contribution in [3.63, 3.8) is 0 Å². The molecule has 0 atom stereocenters. The number of amides is 1. The number of carbonyl (C=O) groups is 1. The Kier molecular flexibility index (Phi) is 4.70. The predicted molar refractivity (Wildman–Crippen MR) is 99.3 cm³/mol. The predicted octanol–water partition coefficient (Wildman–Crippen LogP) is 3.29. The van der Waals surface area contributed by atoms with Crippen LogP contribution in [0.3, 0.4) is 0 Å². The first kappa shape index (κ1) is 18.3. The lowest BCUT2D eigenvalue weighted by atomic mass is 10.2. The van der Waals surface area contributed by atoms with Crippen LogP contribution in [-0.4, -0.2) is 19.5 Å². The van der Waals surface area contributed by atoms with E-state index in [4.69, 9.17) is 9.66 Å². The largest absolute Gasteiger partial charge is 0.337 e. The third-order valence-corrected chi connectivity index (χ3v) is 5.95. The number of rotatable bonds is 4. The molecule has 0 unspecified atom stereocenters. The van der Waals surface area contributed by atoms with Crippen molar-refractivity contribution in [3.05, 3.63) is 57.4 Å². The summed E-state index contributed by atoms with van der Waals surface area (Å²) in [6.45, 7) is 5.48. The molecule has 0 radical (unpaired) electrons. The van der Waals surface area contributed by atoms with E-state index in [2.05, 4.69) is 5.16 Å². The van der Waals surface area contributed by atoms with Crippen molar-refractivity contribution in [1.29, 1.82) is 0 Å². The fourth-order valence-electron chi connectivity index (χ4n) is 2.41. The van der Waals surface area contributed by atoms with Gasteiger partial charge < -0.3 is 4.52 Å². The van der Waals surface area contributed by atoms with E-state index in [1.54, 1.807) is 26.0 Å². The molecule has 0 aliphatic carbocycles. The summed E-state index contributed by atoms with van der Waals surface area (Å²) in [7, 11) is -4.03. The number of nitrogens with zero attached hydrogens (tertiary/aromatic N) is 2. The summed E-state index contributed by atoms with van der Waals surface area (Å²) in [5.41, 5.74) is 2.89. The molecule has 26 heavy (non-hydrogen) atoms. The number of aromatic nitrogens is 1. The van der Waals surface area contributed by atoms with Gasteiger partial charge in [-0.25, -0.2) is 18.5 Å². The van der Waals surface area contributed by atoms with Crippen molar-refractivity contribution in [2.75, 3.05) is 4.90 Å². The molecule has 7 nitrogen and oxygen atoms in total. The Morgan fingerprint density at radius 2 is 1.81 bits per heavy atom. The van der Waals surface area contributed by atoms with Gasteiger partial charge in [-0.15, -0.1) is 11.3 Å². The fraction of sp³-hybridized carbons (Fsp3) is 0.176. The number of primary sulfonamides is 1. The topological polar surface area (TPSA) is 106 Å². The Hall–Kier alpha value is -2.49. The minimum Gasteiger partial charge on any atom is -0.337 e. The Balaban J connectivity index is 2.18. The summed E-state index contributed by atoms with van der Waals surface area (Å²) in [6.07, 6.45) is 0. The van der Waals surface area contributed by atoms with Gasteiger partial charge in [-0.2, -0.15) is 0 Å². The van der Waals surface area contributed by atoms with Gasteiger partial charge in [-0.1, -0.05) is 22.9 Å². The van der Waals surface area contributed by atoms with Crippen molar-refractivity contribution in [3.8, 4) is 0 Å². The lowest BCUT2D eigenvalue weighted by molar-refractivity contribution is 0.0995. The molecule has 9 heteroatoms. The summed E-state index contributed by atoms with van der Waals surface area (Å²) < 4.78 is 29.0. The number of aryl methyl sites for hydroxylation is 2. The Bertz CT molecular complexity index is 1070. The van der Waals surface area contributed by atoms with Gasteiger partial charge in [0, 0.05) is 5.56 Å². The van der Waals surface area contributed by atoms with E-state index < -0.39 is 15.9 Å². The average molecular weight is 391 g/mol. The maximum Gasteiger partial charge on any atom is 0.276 e. The second kappa shape index (κ2) is 6.67. The summed E-state index contributed by atoms with van der Waals surface area (Å²) >= 11 is 1.01. The standard InChI is InChI=1S/C17H17N3O4S2/c1-10-4-6-13(7-5-10)20(17-11(2)12(3)19-24-17)16(21)15-14(8-9-25-15)26(18,22)23/h4-9H,1-3H3,(H2,18,22,23). The monoisotopic (exact) mass is 391 g/mol. The van der Waals surface area contributed by atoms with Crippen LogP contribution in [0.2, 0.25) is 0 Å². The average Bonchev–Trinajstić information content (AvgIpc) is 3.19. The second-order valence-electron chi connectivity index (χ2n) is 5.83. The van der Waals surface area contributed by atoms with E-state index in [9.17, 15) is 13.2 Å². The lowest BCUT2D eigenvalue weighted by Crippen LogP contribution is -2.27. The highest BCUT2D eigenvalue weighted by atomic mass is 32.2. The molecule has 0 saturated carbocycles. The molecule has 0 aliphatic rings. The second-order valence-corrected chi connectivity index (χ2v) is 8.28. The maximum atomic E-state index is 13.2. The Morgan fingerprint density at radius 3 is 2.35 bits per heavy atom. The van der Waals surface area contributed by atoms with Crippen LogP contribution < -0.4 is 10.0 Å². The summed E-state index contributed by atoms with van der Waals surface area (Å²) in [5, 5.41) is 10.7. The first-order valence-corrected chi connectivity index (χ1v) is 10.1. The highest BCUT2D eigenvalue weighted by Gasteiger charge is 2.30. The molecule has 3 rings (SSSR count). The van der Waals surface area contributed by atoms with Gasteiger partial charge in [-0.3, -0.25) is 4.79 Å². The smallest absolute Gasteiger partial charge is 0.276 e. The first-order chi connectivity index (χ1) is 12.2. The van der Waals surface area contributed by atoms with Crippen LogP contribution in [0.25, 0.3) is 0 Å². The number of nitrogens with two attached hydrogens (primary N) is 1. The summed E-state index contributed by atoms with van der Waals surface area (Å²) in [4.78, 5) is 14.4. The summed E-state index contributed by atoms with van der Waals surface area (Å²) in [5.74, 6) is -0.308. The van der Waals surface area contributed by atoms with Crippen molar-refractivity contribution in [1.82, 2.24) is 5.16 Å². The van der Waals surface area contributed by atoms with E-state index in [0.29, 0.717) is 16.9 Å². The number of hydrogen-bond donors (Lipinski definition) is 1. The number of hydrogen-bond acceptors (Lipinski definition) is 6. The van der Waals surface area contributed by atoms with Crippen LogP contribution in [0.1, 0.15) is 26.5 Å². The fourth-order valence-corrected chi connectivity index (χ4v) is 4.31. The molecule has 0 spiro atoms. The van der Waals surface area contributed by atoms with Crippen molar-refractivity contribution in [2.45, 2.75) is 25.7 Å². The van der Waals surface area contributed by atoms with E-state index >= 15 is 0 Å². The zero-order valence-corrected chi connectivity index (χ0v) is 16.0. The zero-order chi connectivity index (χ0) is 19.1. The maximum absolute atomic E-state index is 13.2. The van der Waals surface area contributed by atoms with Crippen molar-refractivity contribution < 1.29 is 17.7 Å². The molecule has 1 amide bonds. The van der Waals surface area contributed by atoms with Gasteiger partial charge >= 0.3 is 0 Å². The number of carbonyl (C=O) groups excluding carboxylic acids is 1. The van der Waals surface area contributed by atoms with Crippen LogP contribution >= 0.6 is 11.3 Å². The van der Waals surface area contributed by atoms with E-state index in [1.165, 1.54) is 16.3 Å². The van der Waals surface area contributed by atoms with Gasteiger partial charge in [0.25, 0.3) is 5.91 Å². The van der Waals surface area contributed by atoms with Crippen LogP contribution in [0, 0.1) is 20.8 Å². The molecule has 2 heterocycles. The zero-order valence-electron chi connectivity index (χ0n) is 14.4. The van der Waals surface area contributed by atoms with Crippen LogP contribution in [0.4, 0.5) is 11.6 Å². The van der Waals surface area contributed by atoms with E-state index in [-0.39, 0.29) is 15.7 Å². The van der Waals surface area contributed by atoms with Gasteiger partial charge in [0.1, 0.15) is 9.77 Å². The molecule has 0 saturated heterocycles. The third kappa shape index (κ3) is 3.28.